The molecule has 4 amide bonds. The molecule has 1 fully saturated rings. The van der Waals surface area contributed by atoms with Gasteiger partial charge in [0, 0.05) is 38.8 Å². The highest BCUT2D eigenvalue weighted by Gasteiger charge is 2.55. The molecule has 2 aliphatic rings. The molecule has 0 aliphatic carbocycles. The largest absolute Gasteiger partial charge is 0.448 e. The zero-order chi connectivity index (χ0) is 54.0. The molecule has 0 bridgehead atoms. The summed E-state index contributed by atoms with van der Waals surface area (Å²) >= 11 is 3.60. The fraction of sp³-hybridized carbons (Fsp3) is 0.259. The fourth-order valence-corrected chi connectivity index (χ4v) is 11.4. The first-order chi connectivity index (χ1) is 36.4. The third-order valence-corrected chi connectivity index (χ3v) is 14.7. The molecule has 2 unspecified atom stereocenters. The predicted octanol–water partition coefficient (Wildman–Crippen LogP) is 11.3. The SMILES string of the molecule is CC(/C=C\SC1=C(C(=O)OC(c2ccccc2)c2ccccc2)N2C(=O)C(NC(=O)/C(=N\OC(c3ccccc3)(c3ccccc3)c3ccccc3)c3csc(NC(=O)OC(C)(C)C)n3)[C@H]2SC1)NC(=O)OC(C)(C)C. The van der Waals surface area contributed by atoms with Gasteiger partial charge in [0.2, 0.25) is 5.60 Å². The number of fused-ring (bicyclic) bond motifs is 1. The van der Waals surface area contributed by atoms with Crippen molar-refractivity contribution in [3.05, 3.63) is 213 Å². The van der Waals surface area contributed by atoms with E-state index in [4.69, 9.17) is 19.0 Å². The van der Waals surface area contributed by atoms with E-state index in [1.165, 1.54) is 28.4 Å². The molecular weight excluding hydrogens is 1020 g/mol. The first kappa shape index (κ1) is 54.6. The molecule has 5 aromatic carbocycles. The number of esters is 1. The molecule has 76 heavy (non-hydrogen) atoms. The number of rotatable bonds is 17. The number of hydrogen-bond donors (Lipinski definition) is 3. The van der Waals surface area contributed by atoms with Crippen molar-refractivity contribution >= 4 is 75.7 Å². The Morgan fingerprint density at radius 3 is 1.75 bits per heavy atom. The number of oxime groups is 1. The maximum absolute atomic E-state index is 15.0. The van der Waals surface area contributed by atoms with Crippen LogP contribution in [0.3, 0.4) is 0 Å². The van der Waals surface area contributed by atoms with Crippen molar-refractivity contribution in [1.29, 1.82) is 0 Å². The lowest BCUT2D eigenvalue weighted by atomic mass is 9.80. The molecule has 2 aliphatic heterocycles. The Balaban J connectivity index is 1.14. The molecule has 15 nitrogen and oxygen atoms in total. The van der Waals surface area contributed by atoms with Gasteiger partial charge in [-0.1, -0.05) is 175 Å². The van der Waals surface area contributed by atoms with Gasteiger partial charge in [-0.15, -0.1) is 23.1 Å². The summed E-state index contributed by atoms with van der Waals surface area (Å²) in [4.78, 5) is 83.2. The van der Waals surface area contributed by atoms with Crippen molar-refractivity contribution in [2.75, 3.05) is 11.1 Å². The number of ether oxygens (including phenoxy) is 3. The Hall–Kier alpha value is -7.67. The van der Waals surface area contributed by atoms with Gasteiger partial charge in [-0.2, -0.15) is 0 Å². The van der Waals surface area contributed by atoms with Crippen LogP contribution >= 0.6 is 34.9 Å². The van der Waals surface area contributed by atoms with E-state index >= 15 is 4.79 Å². The summed E-state index contributed by atoms with van der Waals surface area (Å²) in [7, 11) is 0. The highest BCUT2D eigenvalue weighted by molar-refractivity contribution is 8.08. The van der Waals surface area contributed by atoms with E-state index < -0.39 is 70.3 Å². The van der Waals surface area contributed by atoms with Crippen LogP contribution in [0.15, 0.2) is 184 Å². The zero-order valence-corrected chi connectivity index (χ0v) is 45.4. The molecule has 1 aromatic heterocycles. The lowest BCUT2D eigenvalue weighted by Gasteiger charge is -2.49. The van der Waals surface area contributed by atoms with Crippen molar-refractivity contribution in [3.8, 4) is 0 Å². The molecule has 0 saturated carbocycles. The van der Waals surface area contributed by atoms with E-state index in [1.54, 1.807) is 65.3 Å². The smallest absolute Gasteiger partial charge is 0.413 e. The second-order valence-electron chi connectivity index (χ2n) is 19.6. The number of alkyl carbamates (subject to hydrolysis) is 1. The Morgan fingerprint density at radius 2 is 1.24 bits per heavy atom. The molecule has 392 valence electrons. The Labute approximate surface area is 454 Å². The summed E-state index contributed by atoms with van der Waals surface area (Å²) in [6.45, 7) is 12.3. The van der Waals surface area contributed by atoms with Crippen molar-refractivity contribution in [2.24, 2.45) is 5.16 Å². The number of β-lactam (4-membered cyclic amide) rings is 1. The van der Waals surface area contributed by atoms with Crippen molar-refractivity contribution < 1.29 is 43.0 Å². The number of thiazole rings is 1. The Bertz CT molecular complexity index is 2970. The quantitative estimate of drug-likeness (QED) is 0.0196. The van der Waals surface area contributed by atoms with Crippen molar-refractivity contribution in [2.45, 2.75) is 88.8 Å². The normalized spacial score (nSPS) is 16.3. The van der Waals surface area contributed by atoms with E-state index in [0.29, 0.717) is 21.6 Å². The first-order valence-corrected chi connectivity index (χ1v) is 27.2. The number of anilines is 1. The Morgan fingerprint density at radius 1 is 0.737 bits per heavy atom. The number of carbonyl (C=O) groups excluding carboxylic acids is 5. The van der Waals surface area contributed by atoms with Crippen LogP contribution in [0.25, 0.3) is 0 Å². The highest BCUT2D eigenvalue weighted by Crippen LogP contribution is 2.45. The maximum Gasteiger partial charge on any atom is 0.413 e. The molecule has 3 N–H and O–H groups in total. The maximum atomic E-state index is 15.0. The number of carbonyl (C=O) groups is 5. The minimum atomic E-state index is -1.41. The predicted molar refractivity (Wildman–Crippen MR) is 297 cm³/mol. The zero-order valence-electron chi connectivity index (χ0n) is 42.9. The van der Waals surface area contributed by atoms with Crippen LogP contribution in [0.4, 0.5) is 14.7 Å². The summed E-state index contributed by atoms with van der Waals surface area (Å²) in [5, 5.41) is 15.6. The monoisotopic (exact) mass is 1080 g/mol. The first-order valence-electron chi connectivity index (χ1n) is 24.4. The second kappa shape index (κ2) is 23.9. The van der Waals surface area contributed by atoms with Gasteiger partial charge in [-0.25, -0.2) is 19.4 Å². The van der Waals surface area contributed by atoms with Gasteiger partial charge < -0.3 is 29.7 Å². The Kier molecular flexibility index (Phi) is 17.2. The number of hydrogen-bond acceptors (Lipinski definition) is 14. The van der Waals surface area contributed by atoms with Crippen LogP contribution in [-0.4, -0.2) is 80.0 Å². The highest BCUT2D eigenvalue weighted by atomic mass is 32.2. The minimum Gasteiger partial charge on any atom is -0.448 e. The molecule has 0 spiro atoms. The van der Waals surface area contributed by atoms with E-state index in [9.17, 15) is 19.2 Å². The topological polar surface area (TPSA) is 187 Å². The summed E-state index contributed by atoms with van der Waals surface area (Å²) in [5.74, 6) is -1.89. The van der Waals surface area contributed by atoms with Crippen LogP contribution in [-0.2, 0) is 39.0 Å². The van der Waals surface area contributed by atoms with Gasteiger partial charge in [-0.05, 0) is 65.0 Å². The molecule has 8 rings (SSSR count). The second-order valence-corrected chi connectivity index (χ2v) is 22.6. The number of nitrogens with zero attached hydrogens (tertiary/aromatic N) is 3. The average Bonchev–Trinajstić information content (AvgIpc) is 3.89. The molecule has 0 radical (unpaired) electrons. The van der Waals surface area contributed by atoms with E-state index in [-0.39, 0.29) is 28.0 Å². The summed E-state index contributed by atoms with van der Waals surface area (Å²) < 4.78 is 17.3. The fourth-order valence-electron chi connectivity index (χ4n) is 8.23. The van der Waals surface area contributed by atoms with E-state index in [0.717, 1.165) is 22.5 Å². The van der Waals surface area contributed by atoms with Crippen LogP contribution in [0.2, 0.25) is 0 Å². The van der Waals surface area contributed by atoms with Gasteiger partial charge in [0.05, 0.1) is 0 Å². The molecule has 1 saturated heterocycles. The summed E-state index contributed by atoms with van der Waals surface area (Å²) in [6.07, 6.45) is -0.420. The third kappa shape index (κ3) is 13.2. The lowest BCUT2D eigenvalue weighted by Crippen LogP contribution is -2.71. The molecule has 3 atom stereocenters. The lowest BCUT2D eigenvalue weighted by molar-refractivity contribution is -0.154. The van der Waals surface area contributed by atoms with Gasteiger partial charge in [0.1, 0.15) is 34.0 Å². The van der Waals surface area contributed by atoms with Gasteiger partial charge in [-0.3, -0.25) is 19.8 Å². The number of aromatic nitrogens is 1. The number of amides is 4. The number of nitrogens with one attached hydrogen (secondary N) is 3. The van der Waals surface area contributed by atoms with Crippen molar-refractivity contribution in [1.82, 2.24) is 20.5 Å². The average molecular weight is 1080 g/mol. The van der Waals surface area contributed by atoms with E-state index in [2.05, 4.69) is 26.1 Å². The minimum absolute atomic E-state index is 0.0199. The van der Waals surface area contributed by atoms with Crippen LogP contribution < -0.4 is 16.0 Å². The molecule has 3 heterocycles. The van der Waals surface area contributed by atoms with Gasteiger partial charge in [0.25, 0.3) is 11.8 Å². The van der Waals surface area contributed by atoms with Crippen LogP contribution in [0, 0.1) is 0 Å². The van der Waals surface area contributed by atoms with Crippen LogP contribution in [0.5, 0.6) is 0 Å². The van der Waals surface area contributed by atoms with Gasteiger partial charge in [0.15, 0.2) is 16.9 Å². The summed E-state index contributed by atoms with van der Waals surface area (Å²) in [6, 6.07) is 45.4. The standard InChI is InChI=1S/C58H58N6O9S3/c1-37(59-54(68)71-56(2,3)4)33-34-74-44-36-75-51-46(50(66)64(51)47(44)52(67)70-48(38-23-13-8-14-24-38)39-25-15-9-16-26-39)61-49(65)45(43-35-76-53(60-43)62-55(69)72-57(5,6)7)63-73-58(40-27-17-10-18-28-40,41-29-19-11-20-30-41)42-31-21-12-22-32-42/h8-35,37,46,48,51H,36H2,1-7H3,(H,59,68)(H,61,65)(H,60,62,69)/b34-33-,63-45-/t37?,46?,51-/m1/s1. The van der Waals surface area contributed by atoms with Gasteiger partial charge >= 0.3 is 18.2 Å². The third-order valence-electron chi connectivity index (χ3n) is 11.5. The van der Waals surface area contributed by atoms with Crippen LogP contribution in [0.1, 0.15) is 88.1 Å². The van der Waals surface area contributed by atoms with Crippen molar-refractivity contribution in [3.63, 3.8) is 0 Å². The number of thioether (sulfide) groups is 2. The molecular formula is C58H58N6O9S3. The van der Waals surface area contributed by atoms with E-state index in [1.807, 2.05) is 152 Å². The molecule has 18 heteroatoms. The number of benzene rings is 5. The molecule has 6 aromatic rings. The summed E-state index contributed by atoms with van der Waals surface area (Å²) in [5.41, 5.74) is 0.410.